The third-order valence-corrected chi connectivity index (χ3v) is 3.30. The predicted molar refractivity (Wildman–Crippen MR) is 66.2 cm³/mol. The number of nitrogens with two attached hydrogens (primary N) is 1. The van der Waals surface area contributed by atoms with Crippen LogP contribution in [0.25, 0.3) is 0 Å². The molecule has 0 radical (unpaired) electrons. The van der Waals surface area contributed by atoms with Crippen LogP contribution >= 0.6 is 0 Å². The highest BCUT2D eigenvalue weighted by Crippen LogP contribution is 1.98. The molecule has 0 saturated heterocycles. The number of rotatable bonds is 8. The van der Waals surface area contributed by atoms with Crippen LogP contribution in [0.2, 0.25) is 0 Å². The van der Waals surface area contributed by atoms with Crippen LogP contribution in [0.3, 0.4) is 0 Å². The van der Waals surface area contributed by atoms with Crippen molar-refractivity contribution in [2.75, 3.05) is 18.6 Å². The third-order valence-electron chi connectivity index (χ3n) is 2.32. The Kier molecular flexibility index (Phi) is 7.33. The van der Waals surface area contributed by atoms with Crippen molar-refractivity contribution >= 4 is 15.7 Å². The Hall–Kier alpha value is -0.660. The molecule has 0 fully saturated rings. The molecule has 0 aromatic carbocycles. The Labute approximate surface area is 102 Å². The first-order valence-electron chi connectivity index (χ1n) is 5.61. The molecule has 0 heterocycles. The summed E-state index contributed by atoms with van der Waals surface area (Å²) in [6, 6.07) is -0.875. The van der Waals surface area contributed by atoms with Gasteiger partial charge in [0.15, 0.2) is 0 Å². The summed E-state index contributed by atoms with van der Waals surface area (Å²) in [4.78, 5) is 11.5. The van der Waals surface area contributed by atoms with E-state index in [-0.39, 0.29) is 30.7 Å². The van der Waals surface area contributed by atoms with Crippen molar-refractivity contribution in [2.24, 2.45) is 5.73 Å². The van der Waals surface area contributed by atoms with Gasteiger partial charge in [-0.1, -0.05) is 0 Å². The molecule has 0 rings (SSSR count). The SMILES string of the molecule is CC(CCCO)NC(=O)C(N)CCS(C)(=O)=O. The number of nitrogens with one attached hydrogen (secondary N) is 1. The monoisotopic (exact) mass is 266 g/mol. The van der Waals surface area contributed by atoms with Gasteiger partial charge in [0.2, 0.25) is 5.91 Å². The number of hydrogen-bond acceptors (Lipinski definition) is 5. The fourth-order valence-electron chi connectivity index (χ4n) is 1.29. The van der Waals surface area contributed by atoms with Crippen molar-refractivity contribution < 1.29 is 18.3 Å². The van der Waals surface area contributed by atoms with Crippen molar-refractivity contribution in [3.63, 3.8) is 0 Å². The molecule has 6 nitrogen and oxygen atoms in total. The lowest BCUT2D eigenvalue weighted by molar-refractivity contribution is -0.123. The minimum atomic E-state index is -3.09. The van der Waals surface area contributed by atoms with Crippen LogP contribution in [0.5, 0.6) is 0 Å². The van der Waals surface area contributed by atoms with Crippen LogP contribution in [0.4, 0.5) is 0 Å². The van der Waals surface area contributed by atoms with Crippen molar-refractivity contribution in [3.05, 3.63) is 0 Å². The van der Waals surface area contributed by atoms with Gasteiger partial charge in [-0.05, 0) is 26.2 Å². The first-order chi connectivity index (χ1) is 7.76. The fraction of sp³-hybridized carbons (Fsp3) is 0.900. The number of aliphatic hydroxyl groups excluding tert-OH is 1. The second-order valence-corrected chi connectivity index (χ2v) is 6.56. The lowest BCUT2D eigenvalue weighted by atomic mass is 10.1. The number of carbonyl (C=O) groups excluding carboxylic acids is 1. The Balaban J connectivity index is 3.97. The maximum absolute atomic E-state index is 11.5. The maximum Gasteiger partial charge on any atom is 0.237 e. The van der Waals surface area contributed by atoms with E-state index in [1.54, 1.807) is 0 Å². The molecule has 0 aliphatic carbocycles. The highest BCUT2D eigenvalue weighted by atomic mass is 32.2. The average Bonchev–Trinajstić information content (AvgIpc) is 2.21. The summed E-state index contributed by atoms with van der Waals surface area (Å²) in [6.45, 7) is 1.90. The van der Waals surface area contributed by atoms with E-state index in [0.29, 0.717) is 12.8 Å². The van der Waals surface area contributed by atoms with Gasteiger partial charge in [-0.25, -0.2) is 8.42 Å². The van der Waals surface area contributed by atoms with E-state index in [4.69, 9.17) is 10.8 Å². The molecule has 7 heteroatoms. The van der Waals surface area contributed by atoms with Crippen LogP contribution < -0.4 is 11.1 Å². The van der Waals surface area contributed by atoms with E-state index in [0.717, 1.165) is 6.26 Å². The van der Waals surface area contributed by atoms with Gasteiger partial charge in [0.05, 0.1) is 11.8 Å². The minimum Gasteiger partial charge on any atom is -0.396 e. The minimum absolute atomic E-state index is 0.0704. The van der Waals surface area contributed by atoms with Gasteiger partial charge in [-0.3, -0.25) is 4.79 Å². The Morgan fingerprint density at radius 3 is 2.47 bits per heavy atom. The second kappa shape index (κ2) is 7.62. The highest BCUT2D eigenvalue weighted by Gasteiger charge is 2.17. The number of amides is 1. The van der Waals surface area contributed by atoms with E-state index < -0.39 is 15.9 Å². The zero-order chi connectivity index (χ0) is 13.5. The number of aliphatic hydroxyl groups is 1. The lowest BCUT2D eigenvalue weighted by Gasteiger charge is -2.16. The first kappa shape index (κ1) is 16.3. The first-order valence-corrected chi connectivity index (χ1v) is 7.67. The van der Waals surface area contributed by atoms with Gasteiger partial charge in [-0.15, -0.1) is 0 Å². The standard InChI is InChI=1S/C10H22N2O4S/c1-8(4-3-6-13)12-10(14)9(11)5-7-17(2,15)16/h8-9,13H,3-7,11H2,1-2H3,(H,12,14). The molecule has 0 aromatic rings. The highest BCUT2D eigenvalue weighted by molar-refractivity contribution is 7.90. The lowest BCUT2D eigenvalue weighted by Crippen LogP contribution is -2.45. The van der Waals surface area contributed by atoms with Crippen LogP contribution in [-0.4, -0.2) is 50.1 Å². The third kappa shape index (κ3) is 9.08. The van der Waals surface area contributed by atoms with Gasteiger partial charge < -0.3 is 16.2 Å². The van der Waals surface area contributed by atoms with Crippen molar-refractivity contribution in [1.82, 2.24) is 5.32 Å². The summed E-state index contributed by atoms with van der Waals surface area (Å²) < 4.78 is 21.8. The molecule has 17 heavy (non-hydrogen) atoms. The molecule has 102 valence electrons. The molecule has 1 amide bonds. The van der Waals surface area contributed by atoms with E-state index in [2.05, 4.69) is 5.32 Å². The van der Waals surface area contributed by atoms with E-state index >= 15 is 0 Å². The van der Waals surface area contributed by atoms with Crippen LogP contribution in [0, 0.1) is 0 Å². The summed E-state index contributed by atoms with van der Waals surface area (Å²) in [7, 11) is -3.09. The molecule has 0 saturated carbocycles. The molecule has 0 aliphatic rings. The van der Waals surface area contributed by atoms with Crippen molar-refractivity contribution in [3.8, 4) is 0 Å². The summed E-state index contributed by atoms with van der Waals surface area (Å²) in [5.41, 5.74) is 5.58. The normalized spacial score (nSPS) is 15.3. The summed E-state index contributed by atoms with van der Waals surface area (Å²) in [5, 5.41) is 11.3. The quantitative estimate of drug-likeness (QED) is 0.523. The van der Waals surface area contributed by atoms with E-state index in [1.807, 2.05) is 6.92 Å². The van der Waals surface area contributed by atoms with Crippen molar-refractivity contribution in [1.29, 1.82) is 0 Å². The van der Waals surface area contributed by atoms with Gasteiger partial charge >= 0.3 is 0 Å². The number of hydrogen-bond donors (Lipinski definition) is 3. The zero-order valence-electron chi connectivity index (χ0n) is 10.3. The fourth-order valence-corrected chi connectivity index (χ4v) is 1.97. The largest absolute Gasteiger partial charge is 0.396 e. The molecular formula is C10H22N2O4S. The smallest absolute Gasteiger partial charge is 0.237 e. The summed E-state index contributed by atoms with van der Waals surface area (Å²) in [6.07, 6.45) is 2.51. The summed E-state index contributed by atoms with van der Waals surface area (Å²) >= 11 is 0. The molecule has 0 aromatic heterocycles. The Morgan fingerprint density at radius 2 is 2.00 bits per heavy atom. The van der Waals surface area contributed by atoms with Gasteiger partial charge in [0.1, 0.15) is 9.84 Å². The number of carbonyl (C=O) groups is 1. The van der Waals surface area contributed by atoms with Gasteiger partial charge in [0.25, 0.3) is 0 Å². The Morgan fingerprint density at radius 1 is 1.41 bits per heavy atom. The second-order valence-electron chi connectivity index (χ2n) is 4.30. The van der Waals surface area contributed by atoms with Crippen LogP contribution in [-0.2, 0) is 14.6 Å². The van der Waals surface area contributed by atoms with Gasteiger partial charge in [-0.2, -0.15) is 0 Å². The van der Waals surface area contributed by atoms with Crippen molar-refractivity contribution in [2.45, 2.75) is 38.3 Å². The predicted octanol–water partition coefficient (Wildman–Crippen LogP) is -0.974. The average molecular weight is 266 g/mol. The molecule has 0 bridgehead atoms. The molecule has 4 N–H and O–H groups in total. The molecular weight excluding hydrogens is 244 g/mol. The topological polar surface area (TPSA) is 109 Å². The van der Waals surface area contributed by atoms with Gasteiger partial charge in [0, 0.05) is 18.9 Å². The van der Waals surface area contributed by atoms with E-state index in [9.17, 15) is 13.2 Å². The van der Waals surface area contributed by atoms with Crippen LogP contribution in [0.15, 0.2) is 0 Å². The molecule has 0 aliphatic heterocycles. The molecule has 2 unspecified atom stereocenters. The molecule has 0 spiro atoms. The maximum atomic E-state index is 11.5. The molecule has 2 atom stereocenters. The van der Waals surface area contributed by atoms with Crippen LogP contribution in [0.1, 0.15) is 26.2 Å². The zero-order valence-corrected chi connectivity index (χ0v) is 11.2. The number of sulfone groups is 1. The summed E-state index contributed by atoms with van der Waals surface area (Å²) in [5.74, 6) is -0.439. The Bertz CT molecular complexity index is 329. The van der Waals surface area contributed by atoms with E-state index in [1.165, 1.54) is 0 Å².